The zero-order valence-corrected chi connectivity index (χ0v) is 18.5. The Balaban J connectivity index is 1.53. The zero-order chi connectivity index (χ0) is 20.4. The standard InChI is InChI=1S/C22H31N5OS/c1-4-26(9-10-28-3)19-7-5-16(6-8-19)17-11-20-21(18-13-24-25(2)14-18)15-27(29)22(20)23-12-17/h11-16,19,29H,4-10H2,1-3H3. The van der Waals surface area contributed by atoms with E-state index in [2.05, 4.69) is 42.0 Å². The van der Waals surface area contributed by atoms with Gasteiger partial charge in [-0.3, -0.25) is 13.6 Å². The van der Waals surface area contributed by atoms with Crippen LogP contribution < -0.4 is 0 Å². The van der Waals surface area contributed by atoms with E-state index in [0.717, 1.165) is 41.9 Å². The maximum atomic E-state index is 5.28. The molecule has 0 spiro atoms. The second-order valence-electron chi connectivity index (χ2n) is 8.06. The van der Waals surface area contributed by atoms with Crippen molar-refractivity contribution in [2.24, 2.45) is 7.05 Å². The van der Waals surface area contributed by atoms with Gasteiger partial charge in [-0.15, -0.1) is 0 Å². The molecule has 156 valence electrons. The van der Waals surface area contributed by atoms with Crippen molar-refractivity contribution in [2.75, 3.05) is 26.8 Å². The molecule has 0 N–H and O–H groups in total. The van der Waals surface area contributed by atoms with Crippen molar-refractivity contribution in [3.8, 4) is 11.1 Å². The van der Waals surface area contributed by atoms with Crippen LogP contribution in [0.1, 0.15) is 44.1 Å². The Hall–Kier alpha value is -1.83. The smallest absolute Gasteiger partial charge is 0.150 e. The Bertz CT molecular complexity index is 957. The molecular formula is C22H31N5OS. The summed E-state index contributed by atoms with van der Waals surface area (Å²) >= 11 is 4.57. The van der Waals surface area contributed by atoms with Crippen LogP contribution in [0.5, 0.6) is 0 Å². The molecule has 1 aliphatic rings. The van der Waals surface area contributed by atoms with Crippen LogP contribution in [0.15, 0.2) is 30.9 Å². The summed E-state index contributed by atoms with van der Waals surface area (Å²) in [5, 5.41) is 5.48. The van der Waals surface area contributed by atoms with Crippen LogP contribution in [0.3, 0.4) is 0 Å². The average molecular weight is 414 g/mol. The van der Waals surface area contributed by atoms with Crippen molar-refractivity contribution in [1.82, 2.24) is 23.6 Å². The van der Waals surface area contributed by atoms with Crippen LogP contribution in [0.2, 0.25) is 0 Å². The number of fused-ring (bicyclic) bond motifs is 1. The predicted octanol–water partition coefficient (Wildman–Crippen LogP) is 4.12. The third kappa shape index (κ3) is 4.22. The highest BCUT2D eigenvalue weighted by molar-refractivity contribution is 7.78. The van der Waals surface area contributed by atoms with E-state index in [9.17, 15) is 0 Å². The van der Waals surface area contributed by atoms with Gasteiger partial charge in [0, 0.05) is 61.8 Å². The number of likely N-dealkylation sites (N-methyl/N-ethyl adjacent to an activating group) is 1. The molecular weight excluding hydrogens is 382 g/mol. The summed E-state index contributed by atoms with van der Waals surface area (Å²) in [7, 11) is 3.73. The van der Waals surface area contributed by atoms with Gasteiger partial charge in [0.2, 0.25) is 0 Å². The Morgan fingerprint density at radius 1 is 1.21 bits per heavy atom. The molecule has 1 aliphatic carbocycles. The van der Waals surface area contributed by atoms with Crippen LogP contribution in [0.25, 0.3) is 22.2 Å². The molecule has 7 heteroatoms. The monoisotopic (exact) mass is 413 g/mol. The number of aryl methyl sites for hydroxylation is 1. The van der Waals surface area contributed by atoms with Gasteiger partial charge in [-0.2, -0.15) is 5.10 Å². The van der Waals surface area contributed by atoms with Crippen molar-refractivity contribution >= 4 is 23.8 Å². The molecule has 3 aromatic rings. The summed E-state index contributed by atoms with van der Waals surface area (Å²) in [5.41, 5.74) is 4.49. The SMILES string of the molecule is CCN(CCOC)C1CCC(c2cnc3c(c2)c(-c2cnn(C)c2)cn3S)CC1. The fourth-order valence-corrected chi connectivity index (χ4v) is 4.98. The van der Waals surface area contributed by atoms with E-state index in [4.69, 9.17) is 9.72 Å². The van der Waals surface area contributed by atoms with E-state index >= 15 is 0 Å². The molecule has 1 saturated carbocycles. The zero-order valence-electron chi connectivity index (χ0n) is 17.6. The third-order valence-corrected chi connectivity index (χ3v) is 6.64. The summed E-state index contributed by atoms with van der Waals surface area (Å²) < 4.78 is 8.93. The molecule has 0 unspecified atom stereocenters. The van der Waals surface area contributed by atoms with Gasteiger partial charge in [0.05, 0.1) is 12.8 Å². The van der Waals surface area contributed by atoms with Crippen LogP contribution in [0, 0.1) is 0 Å². The molecule has 1 fully saturated rings. The van der Waals surface area contributed by atoms with Gasteiger partial charge in [-0.1, -0.05) is 19.7 Å². The number of thiol groups is 1. The number of hydrogen-bond acceptors (Lipinski definition) is 5. The lowest BCUT2D eigenvalue weighted by atomic mass is 9.81. The van der Waals surface area contributed by atoms with Crippen LogP contribution in [-0.2, 0) is 11.8 Å². The average Bonchev–Trinajstić information content (AvgIpc) is 3.32. The molecule has 0 aliphatic heterocycles. The Morgan fingerprint density at radius 3 is 2.66 bits per heavy atom. The number of aromatic nitrogens is 4. The first-order valence-electron chi connectivity index (χ1n) is 10.5. The lowest BCUT2D eigenvalue weighted by Crippen LogP contribution is -2.39. The lowest BCUT2D eigenvalue weighted by molar-refractivity contribution is 0.103. The Morgan fingerprint density at radius 2 is 2.00 bits per heavy atom. The number of methoxy groups -OCH3 is 1. The van der Waals surface area contributed by atoms with Crippen molar-refractivity contribution in [1.29, 1.82) is 0 Å². The first-order valence-corrected chi connectivity index (χ1v) is 10.9. The summed E-state index contributed by atoms with van der Waals surface area (Å²) in [6, 6.07) is 3.00. The van der Waals surface area contributed by atoms with E-state index in [1.54, 1.807) is 7.11 Å². The number of rotatable bonds is 7. The van der Waals surface area contributed by atoms with Crippen molar-refractivity contribution in [3.63, 3.8) is 0 Å². The van der Waals surface area contributed by atoms with Gasteiger partial charge in [-0.25, -0.2) is 4.98 Å². The fourth-order valence-electron chi connectivity index (χ4n) is 4.70. The van der Waals surface area contributed by atoms with Gasteiger partial charge in [-0.05, 0) is 49.8 Å². The van der Waals surface area contributed by atoms with Gasteiger partial charge >= 0.3 is 0 Å². The van der Waals surface area contributed by atoms with Crippen molar-refractivity contribution in [2.45, 2.75) is 44.6 Å². The normalized spacial score (nSPS) is 20.0. The summed E-state index contributed by atoms with van der Waals surface area (Å²) in [4.78, 5) is 7.32. The highest BCUT2D eigenvalue weighted by Gasteiger charge is 2.26. The van der Waals surface area contributed by atoms with E-state index in [1.165, 1.54) is 31.2 Å². The molecule has 0 saturated heterocycles. The third-order valence-electron chi connectivity index (χ3n) is 6.34. The largest absolute Gasteiger partial charge is 0.383 e. The molecule has 4 rings (SSSR count). The topological polar surface area (TPSA) is 48.1 Å². The van der Waals surface area contributed by atoms with Gasteiger partial charge < -0.3 is 4.74 Å². The number of nitrogens with zero attached hydrogens (tertiary/aromatic N) is 5. The minimum atomic E-state index is 0.578. The van der Waals surface area contributed by atoms with Crippen molar-refractivity contribution in [3.05, 3.63) is 36.4 Å². The number of hydrogen-bond donors (Lipinski definition) is 1. The quantitative estimate of drug-likeness (QED) is 0.592. The summed E-state index contributed by atoms with van der Waals surface area (Å²) in [6.45, 7) is 5.18. The maximum Gasteiger partial charge on any atom is 0.150 e. The molecule has 29 heavy (non-hydrogen) atoms. The number of ether oxygens (including phenoxy) is 1. The number of pyridine rings is 1. The first kappa shape index (κ1) is 20.4. The molecule has 0 aromatic carbocycles. The van der Waals surface area contributed by atoms with E-state index < -0.39 is 0 Å². The summed E-state index contributed by atoms with van der Waals surface area (Å²) in [5.74, 6) is 0.578. The Kier molecular flexibility index (Phi) is 6.27. The highest BCUT2D eigenvalue weighted by Crippen LogP contribution is 2.37. The van der Waals surface area contributed by atoms with Crippen LogP contribution in [-0.4, -0.2) is 56.5 Å². The van der Waals surface area contributed by atoms with Crippen LogP contribution in [0.4, 0.5) is 0 Å². The molecule has 3 heterocycles. The van der Waals surface area contributed by atoms with Crippen LogP contribution >= 0.6 is 12.8 Å². The molecule has 0 bridgehead atoms. The molecule has 0 radical (unpaired) electrons. The maximum absolute atomic E-state index is 5.28. The molecule has 0 amide bonds. The minimum Gasteiger partial charge on any atom is -0.383 e. The van der Waals surface area contributed by atoms with Gasteiger partial charge in [0.25, 0.3) is 0 Å². The van der Waals surface area contributed by atoms with Gasteiger partial charge in [0.15, 0.2) is 0 Å². The molecule has 6 nitrogen and oxygen atoms in total. The summed E-state index contributed by atoms with van der Waals surface area (Å²) in [6.07, 6.45) is 12.9. The van der Waals surface area contributed by atoms with Gasteiger partial charge in [0.1, 0.15) is 5.65 Å². The first-order chi connectivity index (χ1) is 14.1. The van der Waals surface area contributed by atoms with E-state index in [1.807, 2.05) is 34.3 Å². The fraction of sp³-hybridized carbons (Fsp3) is 0.545. The van der Waals surface area contributed by atoms with E-state index in [-0.39, 0.29) is 0 Å². The van der Waals surface area contributed by atoms with E-state index in [0.29, 0.717) is 12.0 Å². The highest BCUT2D eigenvalue weighted by atomic mass is 32.1. The molecule has 0 atom stereocenters. The molecule has 3 aromatic heterocycles. The second kappa shape index (κ2) is 8.90. The van der Waals surface area contributed by atoms with Crippen molar-refractivity contribution < 1.29 is 4.74 Å². The minimum absolute atomic E-state index is 0.578. The lowest BCUT2D eigenvalue weighted by Gasteiger charge is -2.36. The second-order valence-corrected chi connectivity index (χ2v) is 8.49. The Labute approximate surface area is 178 Å². The predicted molar refractivity (Wildman–Crippen MR) is 120 cm³/mol.